The number of aromatic nitrogens is 2. The first-order valence-electron chi connectivity index (χ1n) is 13.3. The molecular weight excluding hydrogens is 618 g/mol. The first kappa shape index (κ1) is 30.9. The van der Waals surface area contributed by atoms with Crippen molar-refractivity contribution in [2.75, 3.05) is 6.54 Å². The topological polar surface area (TPSA) is 93.5 Å². The zero-order chi connectivity index (χ0) is 31.6. The number of rotatable bonds is 9. The molecule has 1 aromatic heterocycles. The molecule has 1 amide bonds. The van der Waals surface area contributed by atoms with Gasteiger partial charge in [0, 0.05) is 28.3 Å². The molecule has 7 nitrogen and oxygen atoms in total. The molecule has 0 bridgehead atoms. The van der Waals surface area contributed by atoms with Gasteiger partial charge in [-0.3, -0.25) is 14.3 Å². The highest BCUT2D eigenvalue weighted by Crippen LogP contribution is 2.36. The van der Waals surface area contributed by atoms with Gasteiger partial charge in [0.15, 0.2) is 0 Å². The van der Waals surface area contributed by atoms with Crippen LogP contribution in [0, 0.1) is 0 Å². The number of aliphatic carboxylic acids is 1. The summed E-state index contributed by atoms with van der Waals surface area (Å²) in [5.41, 5.74) is 3.92. The highest BCUT2D eigenvalue weighted by molar-refractivity contribution is 6.36. The Bertz CT molecular complexity index is 1860. The van der Waals surface area contributed by atoms with Crippen LogP contribution in [-0.4, -0.2) is 39.7 Å². The van der Waals surface area contributed by atoms with Crippen LogP contribution in [0.5, 0.6) is 5.75 Å². The van der Waals surface area contributed by atoms with Crippen LogP contribution < -0.4 is 10.1 Å². The van der Waals surface area contributed by atoms with Gasteiger partial charge in [0.1, 0.15) is 5.75 Å². The molecule has 226 valence electrons. The zero-order valence-electron chi connectivity index (χ0n) is 23.0. The Balaban J connectivity index is 1.52. The van der Waals surface area contributed by atoms with Gasteiger partial charge in [-0.2, -0.15) is 5.10 Å². The number of fused-ring (bicyclic) bond motifs is 1. The Morgan fingerprint density at radius 3 is 2.34 bits per heavy atom. The molecule has 5 rings (SSSR count). The Labute approximate surface area is 259 Å². The van der Waals surface area contributed by atoms with Crippen LogP contribution in [0.15, 0.2) is 84.9 Å². The molecule has 1 atom stereocenters. The highest BCUT2D eigenvalue weighted by atomic mass is 35.5. The van der Waals surface area contributed by atoms with Crippen molar-refractivity contribution in [1.29, 1.82) is 0 Å². The van der Waals surface area contributed by atoms with Crippen LogP contribution in [0.4, 0.5) is 13.2 Å². The Kier molecular flexibility index (Phi) is 8.85. The normalized spacial score (nSPS) is 12.2. The lowest BCUT2D eigenvalue weighted by molar-refractivity contribution is -0.274. The second-order valence-corrected chi connectivity index (χ2v) is 10.8. The lowest BCUT2D eigenvalue weighted by atomic mass is 10.0. The van der Waals surface area contributed by atoms with Crippen molar-refractivity contribution >= 4 is 45.9 Å². The Morgan fingerprint density at radius 1 is 0.955 bits per heavy atom. The predicted molar refractivity (Wildman–Crippen MR) is 162 cm³/mol. The molecular formula is C32H24Cl2F3N3O4. The summed E-state index contributed by atoms with van der Waals surface area (Å²) < 4.78 is 44.1. The van der Waals surface area contributed by atoms with E-state index in [1.54, 1.807) is 60.7 Å². The lowest BCUT2D eigenvalue weighted by Gasteiger charge is -2.17. The molecule has 5 aromatic rings. The smallest absolute Gasteiger partial charge is 0.481 e. The summed E-state index contributed by atoms with van der Waals surface area (Å²) in [5.74, 6) is -1.70. The van der Waals surface area contributed by atoms with Crippen LogP contribution in [0.25, 0.3) is 33.3 Å². The van der Waals surface area contributed by atoms with Gasteiger partial charge in [-0.25, -0.2) is 0 Å². The van der Waals surface area contributed by atoms with Crippen LogP contribution in [0.1, 0.15) is 35.3 Å². The van der Waals surface area contributed by atoms with E-state index in [2.05, 4.69) is 10.1 Å². The van der Waals surface area contributed by atoms with E-state index in [0.717, 1.165) is 11.1 Å². The van der Waals surface area contributed by atoms with E-state index in [9.17, 15) is 22.8 Å². The van der Waals surface area contributed by atoms with Crippen LogP contribution in [0.2, 0.25) is 10.0 Å². The van der Waals surface area contributed by atoms with Gasteiger partial charge in [-0.05, 0) is 77.9 Å². The number of carbonyl (C=O) groups is 2. The second kappa shape index (κ2) is 12.6. The molecule has 0 fully saturated rings. The number of nitrogens with one attached hydrogen (secondary N) is 1. The minimum atomic E-state index is -4.79. The number of ether oxygens (including phenoxy) is 1. The molecule has 0 unspecified atom stereocenters. The van der Waals surface area contributed by atoms with Gasteiger partial charge in [-0.15, -0.1) is 13.2 Å². The molecule has 0 radical (unpaired) electrons. The summed E-state index contributed by atoms with van der Waals surface area (Å²) in [7, 11) is 0. The molecule has 12 heteroatoms. The maximum absolute atomic E-state index is 12.7. The van der Waals surface area contributed by atoms with Crippen molar-refractivity contribution in [3.05, 3.63) is 106 Å². The summed E-state index contributed by atoms with van der Waals surface area (Å²) in [5, 5.41) is 18.4. The number of benzene rings is 4. The fourth-order valence-electron chi connectivity index (χ4n) is 4.75. The molecule has 1 heterocycles. The molecule has 0 saturated carbocycles. The molecule has 0 spiro atoms. The quantitative estimate of drug-likeness (QED) is 0.169. The number of carbonyl (C=O) groups excluding carboxylic acids is 1. The van der Waals surface area contributed by atoms with Gasteiger partial charge >= 0.3 is 12.3 Å². The molecule has 4 aromatic carbocycles. The summed E-state index contributed by atoms with van der Waals surface area (Å²) in [6.45, 7) is 1.95. The van der Waals surface area contributed by atoms with Crippen LogP contribution >= 0.6 is 23.2 Å². The average molecular weight is 642 g/mol. The predicted octanol–water partition coefficient (Wildman–Crippen LogP) is 8.39. The van der Waals surface area contributed by atoms with E-state index in [1.807, 2.05) is 23.7 Å². The fraction of sp³-hybridized carbons (Fsp3) is 0.156. The number of hydrogen-bond acceptors (Lipinski definition) is 4. The van der Waals surface area contributed by atoms with Gasteiger partial charge < -0.3 is 15.2 Å². The SMILES string of the molecule is C[C@@H](c1ccc(C(=O)NCCC(=O)O)cc1)n1nc(-c2ccc(Cl)cc2Cl)cc1-c1ccc2cc(OC(F)(F)F)ccc2c1. The number of nitrogens with zero attached hydrogens (tertiary/aromatic N) is 2. The first-order valence-corrected chi connectivity index (χ1v) is 14.1. The number of alkyl halides is 3. The Hall–Kier alpha value is -4.54. The van der Waals surface area contributed by atoms with Crippen molar-refractivity contribution in [2.24, 2.45) is 0 Å². The molecule has 0 aliphatic heterocycles. The van der Waals surface area contributed by atoms with Crippen molar-refractivity contribution in [2.45, 2.75) is 25.7 Å². The lowest BCUT2D eigenvalue weighted by Crippen LogP contribution is -2.26. The van der Waals surface area contributed by atoms with Crippen molar-refractivity contribution in [1.82, 2.24) is 15.1 Å². The van der Waals surface area contributed by atoms with Crippen LogP contribution in [-0.2, 0) is 4.79 Å². The van der Waals surface area contributed by atoms with E-state index in [-0.39, 0.29) is 30.7 Å². The summed E-state index contributed by atoms with van der Waals surface area (Å²) in [6.07, 6.45) is -4.97. The van der Waals surface area contributed by atoms with E-state index in [4.69, 9.17) is 33.4 Å². The summed E-state index contributed by atoms with van der Waals surface area (Å²) >= 11 is 12.6. The fourth-order valence-corrected chi connectivity index (χ4v) is 5.26. The van der Waals surface area contributed by atoms with Gasteiger partial charge in [0.05, 0.1) is 28.9 Å². The maximum Gasteiger partial charge on any atom is 0.573 e. The van der Waals surface area contributed by atoms with Crippen molar-refractivity contribution in [3.8, 4) is 28.3 Å². The second-order valence-electron chi connectivity index (χ2n) is 9.95. The first-order chi connectivity index (χ1) is 20.9. The number of carboxylic acid groups (broad SMARTS) is 1. The molecule has 0 aliphatic carbocycles. The number of amides is 1. The number of carboxylic acids is 1. The third-order valence-corrected chi connectivity index (χ3v) is 7.48. The van der Waals surface area contributed by atoms with Crippen molar-refractivity contribution in [3.63, 3.8) is 0 Å². The van der Waals surface area contributed by atoms with E-state index < -0.39 is 12.3 Å². The maximum atomic E-state index is 12.7. The molecule has 44 heavy (non-hydrogen) atoms. The number of halogens is 5. The van der Waals surface area contributed by atoms with Gasteiger partial charge in [-0.1, -0.05) is 53.5 Å². The average Bonchev–Trinajstić information content (AvgIpc) is 3.40. The molecule has 0 saturated heterocycles. The minimum Gasteiger partial charge on any atom is -0.481 e. The van der Waals surface area contributed by atoms with Crippen molar-refractivity contribution < 1.29 is 32.6 Å². The standard InChI is InChI=1S/C32H24Cl2F3N3O4/c1-18(19-2-4-20(5-3-19)31(43)38-13-12-30(41)42)40-29(17-28(39-40)26-11-9-24(33)16-27(26)34)23-7-6-22-15-25(44-32(35,36)37)10-8-21(22)14-23/h2-11,14-18H,12-13H2,1H3,(H,38,43)(H,41,42)/t18-/m0/s1. The minimum absolute atomic E-state index is 0.0153. The van der Waals surface area contributed by atoms with E-state index in [0.29, 0.717) is 43.3 Å². The third-order valence-electron chi connectivity index (χ3n) is 6.93. The summed E-state index contributed by atoms with van der Waals surface area (Å²) in [6, 6.07) is 23.0. The van der Waals surface area contributed by atoms with Gasteiger partial charge in [0.2, 0.25) is 0 Å². The molecule has 0 aliphatic rings. The summed E-state index contributed by atoms with van der Waals surface area (Å²) in [4.78, 5) is 23.2. The van der Waals surface area contributed by atoms with Crippen LogP contribution in [0.3, 0.4) is 0 Å². The van der Waals surface area contributed by atoms with E-state index >= 15 is 0 Å². The van der Waals surface area contributed by atoms with E-state index in [1.165, 1.54) is 12.1 Å². The third kappa shape index (κ3) is 7.15. The highest BCUT2D eigenvalue weighted by Gasteiger charge is 2.31. The monoisotopic (exact) mass is 641 g/mol. The zero-order valence-corrected chi connectivity index (χ0v) is 24.5. The molecule has 2 N–H and O–H groups in total. The Morgan fingerprint density at radius 2 is 1.66 bits per heavy atom. The number of hydrogen-bond donors (Lipinski definition) is 2. The van der Waals surface area contributed by atoms with Gasteiger partial charge in [0.25, 0.3) is 5.91 Å². The largest absolute Gasteiger partial charge is 0.573 e.